The van der Waals surface area contributed by atoms with Gasteiger partial charge < -0.3 is 0 Å². The third-order valence-electron chi connectivity index (χ3n) is 3.71. The summed E-state index contributed by atoms with van der Waals surface area (Å²) >= 11 is 0. The molecule has 0 heterocycles. The molecule has 0 rings (SSSR count). The van der Waals surface area contributed by atoms with E-state index < -0.39 is 0 Å². The van der Waals surface area contributed by atoms with Gasteiger partial charge in [-0.2, -0.15) is 0 Å². The fraction of sp³-hybridized carbons (Fsp3) is 0.522. The van der Waals surface area contributed by atoms with Gasteiger partial charge in [0.1, 0.15) is 5.78 Å². The number of carbonyl (C=O) groups excluding carboxylic acids is 1. The Morgan fingerprint density at radius 1 is 0.792 bits per heavy atom. The van der Waals surface area contributed by atoms with E-state index in [0.717, 1.165) is 51.4 Å². The topological polar surface area (TPSA) is 17.1 Å². The minimum atomic E-state index is 0.373. The van der Waals surface area contributed by atoms with Crippen LogP contribution in [0.2, 0.25) is 0 Å². The Morgan fingerprint density at radius 2 is 1.42 bits per heavy atom. The molecule has 0 saturated carbocycles. The second kappa shape index (κ2) is 17.7. The molecule has 1 heteroatoms. The van der Waals surface area contributed by atoms with Crippen LogP contribution in [0.1, 0.15) is 78.6 Å². The summed E-state index contributed by atoms with van der Waals surface area (Å²) < 4.78 is 0. The number of allylic oxidation sites excluding steroid dienone is 10. The Kier molecular flexibility index (Phi) is 16.5. The average molecular weight is 329 g/mol. The van der Waals surface area contributed by atoms with Crippen molar-refractivity contribution in [2.24, 2.45) is 0 Å². The van der Waals surface area contributed by atoms with Gasteiger partial charge >= 0.3 is 0 Å². The Bertz CT molecular complexity index is 447. The molecule has 0 saturated heterocycles. The van der Waals surface area contributed by atoms with Gasteiger partial charge in [0.15, 0.2) is 0 Å². The molecule has 1 nitrogen and oxygen atoms in total. The highest BCUT2D eigenvalue weighted by Gasteiger charge is 1.94. The summed E-state index contributed by atoms with van der Waals surface area (Å²) in [6, 6.07) is 0. The van der Waals surface area contributed by atoms with Gasteiger partial charge in [-0.3, -0.25) is 4.79 Å². The molecule has 0 spiro atoms. The smallest absolute Gasteiger partial charge is 0.132 e. The third-order valence-corrected chi connectivity index (χ3v) is 3.71. The molecule has 0 unspecified atom stereocenters. The van der Waals surface area contributed by atoms with E-state index in [1.54, 1.807) is 0 Å². The molecule has 0 N–H and O–H groups in total. The maximum atomic E-state index is 11.2. The lowest BCUT2D eigenvalue weighted by atomic mass is 10.1. The molecule has 0 aliphatic carbocycles. The van der Waals surface area contributed by atoms with Crippen molar-refractivity contribution in [2.75, 3.05) is 0 Å². The molecule has 24 heavy (non-hydrogen) atoms. The van der Waals surface area contributed by atoms with E-state index >= 15 is 0 Å². The van der Waals surface area contributed by atoms with Crippen LogP contribution in [0.3, 0.4) is 0 Å². The molecule has 0 aromatic carbocycles. The number of hydrogen-bond acceptors (Lipinski definition) is 1. The number of carbonyl (C=O) groups is 1. The predicted octanol–water partition coefficient (Wildman–Crippen LogP) is 7.28. The van der Waals surface area contributed by atoms with Gasteiger partial charge in [-0.25, -0.2) is 0 Å². The summed E-state index contributed by atoms with van der Waals surface area (Å²) in [5, 5.41) is 0. The second-order valence-corrected chi connectivity index (χ2v) is 6.04. The van der Waals surface area contributed by atoms with E-state index in [0.29, 0.717) is 12.2 Å². The summed E-state index contributed by atoms with van der Waals surface area (Å²) in [5.74, 6) is 0.373. The van der Waals surface area contributed by atoms with Gasteiger partial charge in [0.25, 0.3) is 0 Å². The lowest BCUT2D eigenvalue weighted by Gasteiger charge is -1.95. The van der Waals surface area contributed by atoms with Crippen LogP contribution in [0.4, 0.5) is 0 Å². The standard InChI is InChI=1S/C23H36O/c1-4-6-7-8-10-13-16-19-22(3)20-17-14-11-9-12-15-18-21-23(24)5-2/h6-7,9-10,12-14,17,19H,4-5,8,11,15-16,18,20-21H2,1-3H3. The first kappa shape index (κ1) is 22.4. The Hall–Kier alpha value is -1.63. The molecule has 0 aromatic heterocycles. The van der Waals surface area contributed by atoms with Crippen molar-refractivity contribution in [1.82, 2.24) is 0 Å². The molecular formula is C23H36O. The Labute approximate surface area is 149 Å². The molecule has 0 amide bonds. The van der Waals surface area contributed by atoms with Crippen molar-refractivity contribution in [3.05, 3.63) is 60.3 Å². The number of unbranched alkanes of at least 4 members (excludes halogenated alkanes) is 1. The van der Waals surface area contributed by atoms with Crippen molar-refractivity contribution in [2.45, 2.75) is 78.6 Å². The molecule has 134 valence electrons. The van der Waals surface area contributed by atoms with Gasteiger partial charge in [-0.05, 0) is 51.9 Å². The van der Waals surface area contributed by atoms with Crippen LogP contribution >= 0.6 is 0 Å². The number of hydrogen-bond donors (Lipinski definition) is 0. The number of Topliss-reactive ketones (excluding diaryl/α,β-unsaturated/α-hetero) is 1. The summed E-state index contributed by atoms with van der Waals surface area (Å²) in [6.07, 6.45) is 28.6. The van der Waals surface area contributed by atoms with Crippen LogP contribution < -0.4 is 0 Å². The van der Waals surface area contributed by atoms with E-state index in [1.807, 2.05) is 6.92 Å². The van der Waals surface area contributed by atoms with E-state index in [4.69, 9.17) is 0 Å². The van der Waals surface area contributed by atoms with Gasteiger partial charge in [0.2, 0.25) is 0 Å². The fourth-order valence-corrected chi connectivity index (χ4v) is 2.14. The zero-order valence-corrected chi connectivity index (χ0v) is 16.0. The van der Waals surface area contributed by atoms with Crippen LogP contribution in [0.5, 0.6) is 0 Å². The molecule has 0 radical (unpaired) electrons. The first-order valence-electron chi connectivity index (χ1n) is 9.48. The summed E-state index contributed by atoms with van der Waals surface area (Å²) in [6.45, 7) is 6.28. The lowest BCUT2D eigenvalue weighted by molar-refractivity contribution is -0.118. The highest BCUT2D eigenvalue weighted by molar-refractivity contribution is 5.77. The molecule has 0 atom stereocenters. The highest BCUT2D eigenvalue weighted by Crippen LogP contribution is 2.05. The zero-order valence-electron chi connectivity index (χ0n) is 16.0. The lowest BCUT2D eigenvalue weighted by Crippen LogP contribution is -1.93. The number of rotatable bonds is 14. The Morgan fingerprint density at radius 3 is 2.12 bits per heavy atom. The average Bonchev–Trinajstić information content (AvgIpc) is 2.59. The first-order chi connectivity index (χ1) is 11.7. The normalized spacial score (nSPS) is 13.2. The van der Waals surface area contributed by atoms with Gasteiger partial charge in [-0.15, -0.1) is 0 Å². The van der Waals surface area contributed by atoms with Crippen LogP contribution in [0.25, 0.3) is 0 Å². The van der Waals surface area contributed by atoms with E-state index in [1.165, 1.54) is 5.57 Å². The van der Waals surface area contributed by atoms with Crippen molar-refractivity contribution in [3.63, 3.8) is 0 Å². The molecule has 0 aliphatic rings. The van der Waals surface area contributed by atoms with Crippen LogP contribution in [0.15, 0.2) is 60.3 Å². The summed E-state index contributed by atoms with van der Waals surface area (Å²) in [4.78, 5) is 11.2. The zero-order chi connectivity index (χ0) is 17.9. The third kappa shape index (κ3) is 16.7. The minimum Gasteiger partial charge on any atom is -0.300 e. The molecule has 0 fully saturated rings. The second-order valence-electron chi connectivity index (χ2n) is 6.04. The maximum absolute atomic E-state index is 11.2. The van der Waals surface area contributed by atoms with Crippen LogP contribution in [-0.2, 0) is 4.79 Å². The minimum absolute atomic E-state index is 0.373. The largest absolute Gasteiger partial charge is 0.300 e. The van der Waals surface area contributed by atoms with E-state index in [-0.39, 0.29) is 0 Å². The van der Waals surface area contributed by atoms with Crippen molar-refractivity contribution >= 4 is 5.78 Å². The number of ketones is 1. The van der Waals surface area contributed by atoms with Crippen molar-refractivity contribution < 1.29 is 4.79 Å². The summed E-state index contributed by atoms with van der Waals surface area (Å²) in [7, 11) is 0. The maximum Gasteiger partial charge on any atom is 0.132 e. The SMILES string of the molecule is CCC=CCC=CCC=C(C)CC=CCC=CCCCC(=O)CC. The molecule has 0 bridgehead atoms. The van der Waals surface area contributed by atoms with Gasteiger partial charge in [-0.1, -0.05) is 74.1 Å². The molecule has 0 aliphatic heterocycles. The highest BCUT2D eigenvalue weighted by atomic mass is 16.1. The molecule has 0 aromatic rings. The van der Waals surface area contributed by atoms with Crippen LogP contribution in [0, 0.1) is 0 Å². The van der Waals surface area contributed by atoms with E-state index in [9.17, 15) is 4.79 Å². The predicted molar refractivity (Wildman–Crippen MR) is 108 cm³/mol. The fourth-order valence-electron chi connectivity index (χ4n) is 2.14. The quantitative estimate of drug-likeness (QED) is 0.242. The van der Waals surface area contributed by atoms with Crippen LogP contribution in [-0.4, -0.2) is 5.78 Å². The summed E-state index contributed by atoms with van der Waals surface area (Å²) in [5.41, 5.74) is 1.42. The van der Waals surface area contributed by atoms with Gasteiger partial charge in [0.05, 0.1) is 0 Å². The van der Waals surface area contributed by atoms with E-state index in [2.05, 4.69) is 68.5 Å². The first-order valence-corrected chi connectivity index (χ1v) is 9.48. The monoisotopic (exact) mass is 328 g/mol. The van der Waals surface area contributed by atoms with Gasteiger partial charge in [0, 0.05) is 12.8 Å². The van der Waals surface area contributed by atoms with Crippen molar-refractivity contribution in [3.8, 4) is 0 Å². The molecular weight excluding hydrogens is 292 g/mol. The Balaban J connectivity index is 3.68. The van der Waals surface area contributed by atoms with Crippen molar-refractivity contribution in [1.29, 1.82) is 0 Å².